The van der Waals surface area contributed by atoms with Gasteiger partial charge in [-0.2, -0.15) is 5.10 Å². The summed E-state index contributed by atoms with van der Waals surface area (Å²) in [6.45, 7) is 0. The second kappa shape index (κ2) is 3.84. The molecule has 1 aromatic carbocycles. The molecule has 0 radical (unpaired) electrons. The third-order valence-electron chi connectivity index (χ3n) is 1.95. The number of rotatable bonds is 2. The first kappa shape index (κ1) is 9.27. The van der Waals surface area contributed by atoms with Crippen LogP contribution in [-0.2, 0) is 0 Å². The number of hydrogen-bond acceptors (Lipinski definition) is 2. The zero-order chi connectivity index (χ0) is 9.97. The van der Waals surface area contributed by atoms with Gasteiger partial charge in [0.2, 0.25) is 0 Å². The van der Waals surface area contributed by atoms with Gasteiger partial charge in [0.05, 0.1) is 11.9 Å². The molecule has 0 unspecified atom stereocenters. The summed E-state index contributed by atoms with van der Waals surface area (Å²) < 4.78 is 2.90. The third-order valence-corrected chi connectivity index (χ3v) is 2.44. The van der Waals surface area contributed by atoms with Gasteiger partial charge < -0.3 is 5.32 Å². The van der Waals surface area contributed by atoms with Crippen molar-refractivity contribution in [2.75, 3.05) is 12.4 Å². The zero-order valence-electron chi connectivity index (χ0n) is 7.74. The summed E-state index contributed by atoms with van der Waals surface area (Å²) in [6, 6.07) is 9.94. The Bertz CT molecular complexity index is 436. The van der Waals surface area contributed by atoms with E-state index in [1.807, 2.05) is 42.1 Å². The van der Waals surface area contributed by atoms with E-state index in [-0.39, 0.29) is 0 Å². The van der Waals surface area contributed by atoms with E-state index < -0.39 is 0 Å². The molecule has 0 aliphatic rings. The molecule has 0 amide bonds. The maximum atomic E-state index is 4.23. The van der Waals surface area contributed by atoms with Crippen LogP contribution in [0.25, 0.3) is 5.69 Å². The van der Waals surface area contributed by atoms with E-state index in [9.17, 15) is 0 Å². The zero-order valence-corrected chi connectivity index (χ0v) is 9.32. The highest BCUT2D eigenvalue weighted by atomic mass is 79.9. The molecule has 1 N–H and O–H groups in total. The highest BCUT2D eigenvalue weighted by Gasteiger charge is 2.02. The maximum absolute atomic E-state index is 4.23. The van der Waals surface area contributed by atoms with Gasteiger partial charge in [0, 0.05) is 17.6 Å². The van der Waals surface area contributed by atoms with Crippen molar-refractivity contribution in [1.82, 2.24) is 9.78 Å². The van der Waals surface area contributed by atoms with Crippen LogP contribution >= 0.6 is 15.9 Å². The van der Waals surface area contributed by atoms with E-state index in [4.69, 9.17) is 0 Å². The van der Waals surface area contributed by atoms with Crippen molar-refractivity contribution in [3.63, 3.8) is 0 Å². The molecular formula is C10H10BrN3. The Morgan fingerprint density at radius 2 is 2.21 bits per heavy atom. The van der Waals surface area contributed by atoms with Crippen molar-refractivity contribution >= 4 is 21.7 Å². The van der Waals surface area contributed by atoms with Crippen LogP contribution in [0.1, 0.15) is 0 Å². The molecule has 0 aliphatic carbocycles. The van der Waals surface area contributed by atoms with E-state index in [1.54, 1.807) is 6.20 Å². The molecule has 72 valence electrons. The highest BCUT2D eigenvalue weighted by Crippen LogP contribution is 2.18. The van der Waals surface area contributed by atoms with Gasteiger partial charge in [-0.15, -0.1) is 0 Å². The third kappa shape index (κ3) is 1.65. The lowest BCUT2D eigenvalue weighted by Gasteiger charge is -2.06. The van der Waals surface area contributed by atoms with E-state index >= 15 is 0 Å². The largest absolute Gasteiger partial charge is 0.373 e. The lowest BCUT2D eigenvalue weighted by Crippen LogP contribution is -2.01. The van der Waals surface area contributed by atoms with Crippen molar-refractivity contribution in [2.45, 2.75) is 0 Å². The molecular weight excluding hydrogens is 242 g/mol. The van der Waals surface area contributed by atoms with Crippen molar-refractivity contribution in [3.05, 3.63) is 41.0 Å². The number of aromatic nitrogens is 2. The predicted molar refractivity (Wildman–Crippen MR) is 60.8 cm³/mol. The highest BCUT2D eigenvalue weighted by molar-refractivity contribution is 9.10. The fraction of sp³-hybridized carbons (Fsp3) is 0.100. The van der Waals surface area contributed by atoms with Gasteiger partial charge in [-0.25, -0.2) is 4.68 Å². The van der Waals surface area contributed by atoms with E-state index in [1.165, 1.54) is 0 Å². The van der Waals surface area contributed by atoms with Crippen LogP contribution < -0.4 is 5.32 Å². The minimum absolute atomic E-state index is 0.975. The van der Waals surface area contributed by atoms with Crippen molar-refractivity contribution < 1.29 is 0 Å². The van der Waals surface area contributed by atoms with Crippen molar-refractivity contribution in [3.8, 4) is 5.69 Å². The van der Waals surface area contributed by atoms with Gasteiger partial charge >= 0.3 is 0 Å². The second-order valence-electron chi connectivity index (χ2n) is 2.86. The summed E-state index contributed by atoms with van der Waals surface area (Å²) in [7, 11) is 1.88. The van der Waals surface area contributed by atoms with Gasteiger partial charge in [-0.1, -0.05) is 22.0 Å². The number of halogens is 1. The maximum Gasteiger partial charge on any atom is 0.129 e. The molecule has 0 saturated carbocycles. The molecule has 0 atom stereocenters. The molecule has 0 fully saturated rings. The molecule has 3 nitrogen and oxygen atoms in total. The normalized spacial score (nSPS) is 10.1. The molecule has 2 rings (SSSR count). The standard InChI is InChI=1S/C10H10BrN3/c1-12-10-5-6-13-14(10)9-4-2-3-8(11)7-9/h2-7,12H,1H3. The topological polar surface area (TPSA) is 29.9 Å². The first-order chi connectivity index (χ1) is 6.81. The minimum atomic E-state index is 0.975. The number of anilines is 1. The minimum Gasteiger partial charge on any atom is -0.373 e. The fourth-order valence-electron chi connectivity index (χ4n) is 1.31. The average Bonchev–Trinajstić information content (AvgIpc) is 2.65. The molecule has 0 saturated heterocycles. The summed E-state index contributed by atoms with van der Waals surface area (Å²) in [5.41, 5.74) is 1.04. The van der Waals surface area contributed by atoms with Gasteiger partial charge in [0.1, 0.15) is 5.82 Å². The summed E-state index contributed by atoms with van der Waals surface area (Å²) in [5, 5.41) is 7.31. The number of nitrogens with one attached hydrogen (secondary N) is 1. The Balaban J connectivity index is 2.49. The van der Waals surface area contributed by atoms with Crippen molar-refractivity contribution in [1.29, 1.82) is 0 Å². The molecule has 1 heterocycles. The lowest BCUT2D eigenvalue weighted by molar-refractivity contribution is 0.884. The summed E-state index contributed by atoms with van der Waals surface area (Å²) in [5.74, 6) is 0.975. The average molecular weight is 252 g/mol. The Kier molecular flexibility index (Phi) is 2.54. The van der Waals surface area contributed by atoms with E-state index in [0.717, 1.165) is 16.0 Å². The van der Waals surface area contributed by atoms with Crippen LogP contribution in [0.5, 0.6) is 0 Å². The van der Waals surface area contributed by atoms with Crippen LogP contribution in [0.3, 0.4) is 0 Å². The second-order valence-corrected chi connectivity index (χ2v) is 3.77. The number of benzene rings is 1. The van der Waals surface area contributed by atoms with Crippen LogP contribution in [0.2, 0.25) is 0 Å². The van der Waals surface area contributed by atoms with Crippen LogP contribution in [-0.4, -0.2) is 16.8 Å². The molecule has 4 heteroatoms. The molecule has 0 bridgehead atoms. The predicted octanol–water partition coefficient (Wildman–Crippen LogP) is 2.68. The molecule has 14 heavy (non-hydrogen) atoms. The lowest BCUT2D eigenvalue weighted by atomic mass is 10.3. The number of nitrogens with zero attached hydrogens (tertiary/aromatic N) is 2. The first-order valence-electron chi connectivity index (χ1n) is 4.29. The van der Waals surface area contributed by atoms with Gasteiger partial charge in [0.25, 0.3) is 0 Å². The Morgan fingerprint density at radius 1 is 1.36 bits per heavy atom. The Morgan fingerprint density at radius 3 is 2.93 bits per heavy atom. The Hall–Kier alpha value is -1.29. The van der Waals surface area contributed by atoms with Gasteiger partial charge in [-0.05, 0) is 18.2 Å². The molecule has 1 aromatic heterocycles. The summed E-state index contributed by atoms with van der Waals surface area (Å²) >= 11 is 3.43. The first-order valence-corrected chi connectivity index (χ1v) is 5.08. The fourth-order valence-corrected chi connectivity index (χ4v) is 1.69. The van der Waals surface area contributed by atoms with E-state index in [2.05, 4.69) is 26.3 Å². The summed E-state index contributed by atoms with van der Waals surface area (Å²) in [4.78, 5) is 0. The van der Waals surface area contributed by atoms with E-state index in [0.29, 0.717) is 0 Å². The van der Waals surface area contributed by atoms with Crippen LogP contribution in [0.15, 0.2) is 41.0 Å². The van der Waals surface area contributed by atoms with Gasteiger partial charge in [0.15, 0.2) is 0 Å². The number of hydrogen-bond donors (Lipinski definition) is 1. The quantitative estimate of drug-likeness (QED) is 0.890. The SMILES string of the molecule is CNc1ccnn1-c1cccc(Br)c1. The monoisotopic (exact) mass is 251 g/mol. The van der Waals surface area contributed by atoms with Gasteiger partial charge in [-0.3, -0.25) is 0 Å². The Labute approximate surface area is 90.9 Å². The smallest absolute Gasteiger partial charge is 0.129 e. The molecule has 2 aromatic rings. The van der Waals surface area contributed by atoms with Crippen molar-refractivity contribution in [2.24, 2.45) is 0 Å². The van der Waals surface area contributed by atoms with Crippen LogP contribution in [0, 0.1) is 0 Å². The molecule has 0 spiro atoms. The van der Waals surface area contributed by atoms with Crippen LogP contribution in [0.4, 0.5) is 5.82 Å². The molecule has 0 aliphatic heterocycles. The summed E-state index contributed by atoms with van der Waals surface area (Å²) in [6.07, 6.45) is 1.77.